The Kier molecular flexibility index (Phi) is 5.75. The normalized spacial score (nSPS) is 18.8. The zero-order valence-corrected chi connectivity index (χ0v) is 20.0. The van der Waals surface area contributed by atoms with Gasteiger partial charge in [0.1, 0.15) is 16.7 Å². The van der Waals surface area contributed by atoms with Crippen LogP contribution in [-0.2, 0) is 0 Å². The van der Waals surface area contributed by atoms with Gasteiger partial charge in [0.05, 0.1) is 5.52 Å². The lowest BCUT2D eigenvalue weighted by Crippen LogP contribution is -2.34. The molecule has 1 amide bonds. The maximum Gasteiger partial charge on any atom is 0.264 e. The molecule has 2 aromatic carbocycles. The first kappa shape index (κ1) is 21.2. The largest absolute Gasteiger partial charge is 0.360 e. The van der Waals surface area contributed by atoms with Crippen molar-refractivity contribution < 1.29 is 9.32 Å². The lowest BCUT2D eigenvalue weighted by atomic mass is 9.85. The fourth-order valence-electron chi connectivity index (χ4n) is 4.92. The third kappa shape index (κ3) is 3.83. The van der Waals surface area contributed by atoms with Crippen LogP contribution in [0.2, 0.25) is 0 Å². The Balaban J connectivity index is 1.46. The second-order valence-electron chi connectivity index (χ2n) is 8.56. The highest BCUT2D eigenvalue weighted by molar-refractivity contribution is 14.1. The highest BCUT2D eigenvalue weighted by atomic mass is 127. The topological polar surface area (TPSA) is 77.1 Å². The van der Waals surface area contributed by atoms with E-state index >= 15 is 0 Å². The van der Waals surface area contributed by atoms with Gasteiger partial charge < -0.3 is 14.4 Å². The van der Waals surface area contributed by atoms with Crippen LogP contribution in [0.5, 0.6) is 0 Å². The van der Waals surface area contributed by atoms with Crippen LogP contribution in [0.25, 0.3) is 21.8 Å². The summed E-state index contributed by atoms with van der Waals surface area (Å²) in [6.45, 7) is 2.41. The number of pyridine rings is 1. The molecule has 1 aliphatic rings. The van der Waals surface area contributed by atoms with Gasteiger partial charge in [0.25, 0.3) is 11.5 Å². The van der Waals surface area contributed by atoms with Gasteiger partial charge in [-0.15, -0.1) is 0 Å². The molecule has 6 nitrogen and oxygen atoms in total. The molecule has 2 heterocycles. The summed E-state index contributed by atoms with van der Waals surface area (Å²) in [6, 6.07) is 15.5. The van der Waals surface area contributed by atoms with Crippen molar-refractivity contribution in [1.29, 1.82) is 0 Å². The summed E-state index contributed by atoms with van der Waals surface area (Å²) < 4.78 is 8.44. The summed E-state index contributed by atoms with van der Waals surface area (Å²) >= 11 is 2.28. The number of benzene rings is 2. The molecule has 1 aliphatic carbocycles. The zero-order valence-electron chi connectivity index (χ0n) is 17.8. The van der Waals surface area contributed by atoms with E-state index in [1.165, 1.54) is 0 Å². The number of nitrogens with zero attached hydrogens (tertiary/aromatic N) is 2. The Morgan fingerprint density at radius 1 is 1.22 bits per heavy atom. The Bertz CT molecular complexity index is 1360. The predicted octanol–water partition coefficient (Wildman–Crippen LogP) is 5.22. The summed E-state index contributed by atoms with van der Waals surface area (Å²) in [5.74, 6) is 0.833. The van der Waals surface area contributed by atoms with Gasteiger partial charge in [-0.2, -0.15) is 0 Å². The maximum absolute atomic E-state index is 13.6. The first-order valence-corrected chi connectivity index (χ1v) is 12.0. The molecule has 0 radical (unpaired) electrons. The molecular formula is C25H24IN3O3. The number of aryl methyl sites for hydroxylation is 1. The molecule has 1 N–H and O–H groups in total. The zero-order chi connectivity index (χ0) is 22.2. The smallest absolute Gasteiger partial charge is 0.264 e. The van der Waals surface area contributed by atoms with Gasteiger partial charge in [-0.25, -0.2) is 0 Å². The first-order valence-electron chi connectivity index (χ1n) is 11.0. The lowest BCUT2D eigenvalue weighted by molar-refractivity contribution is 0.0940. The van der Waals surface area contributed by atoms with Crippen molar-refractivity contribution in [3.63, 3.8) is 0 Å². The second kappa shape index (κ2) is 8.69. The average Bonchev–Trinajstić information content (AvgIpc) is 3.21. The van der Waals surface area contributed by atoms with Gasteiger partial charge in [0.2, 0.25) is 0 Å². The fourth-order valence-corrected chi connectivity index (χ4v) is 5.41. The number of carbonyl (C=O) groups excluding carboxylic acids is 1. The summed E-state index contributed by atoms with van der Waals surface area (Å²) in [4.78, 5) is 26.0. The van der Waals surface area contributed by atoms with E-state index in [-0.39, 0.29) is 17.5 Å². The molecule has 4 aromatic rings. The predicted molar refractivity (Wildman–Crippen MR) is 133 cm³/mol. The van der Waals surface area contributed by atoms with E-state index in [1.807, 2.05) is 47.0 Å². The first-order chi connectivity index (χ1) is 15.5. The third-order valence-corrected chi connectivity index (χ3v) is 7.15. The van der Waals surface area contributed by atoms with Crippen molar-refractivity contribution in [2.45, 2.75) is 38.6 Å². The summed E-state index contributed by atoms with van der Waals surface area (Å²) in [5, 5.41) is 8.79. The van der Waals surface area contributed by atoms with E-state index in [0.29, 0.717) is 34.7 Å². The molecule has 164 valence electrons. The number of halogens is 1. The highest BCUT2D eigenvalue weighted by Crippen LogP contribution is 2.35. The minimum Gasteiger partial charge on any atom is -0.360 e. The van der Waals surface area contributed by atoms with E-state index < -0.39 is 0 Å². The molecular weight excluding hydrogens is 517 g/mol. The molecule has 32 heavy (non-hydrogen) atoms. The molecule has 0 bridgehead atoms. The van der Waals surface area contributed by atoms with E-state index in [1.54, 1.807) is 6.92 Å². The summed E-state index contributed by atoms with van der Waals surface area (Å²) in [5.41, 5.74) is 2.17. The molecule has 2 aromatic heterocycles. The monoisotopic (exact) mass is 541 g/mol. The maximum atomic E-state index is 13.6. The van der Waals surface area contributed by atoms with Crippen molar-refractivity contribution in [1.82, 2.24) is 15.0 Å². The number of rotatable bonds is 4. The number of aromatic nitrogens is 2. The number of hydrogen-bond acceptors (Lipinski definition) is 4. The van der Waals surface area contributed by atoms with Crippen LogP contribution in [-0.4, -0.2) is 22.2 Å². The van der Waals surface area contributed by atoms with Crippen LogP contribution in [0, 0.1) is 16.4 Å². The molecule has 0 saturated heterocycles. The van der Waals surface area contributed by atoms with Crippen molar-refractivity contribution >= 4 is 50.3 Å². The molecule has 2 unspecified atom stereocenters. The SMILES string of the molecule is Cc1onc2c1c(=O)n(C1CCCC(CNC(=O)c3ccccc3)C1)c1ccc(I)cc21. The summed E-state index contributed by atoms with van der Waals surface area (Å²) in [7, 11) is 0. The molecule has 0 aliphatic heterocycles. The van der Waals surface area contributed by atoms with E-state index in [4.69, 9.17) is 4.52 Å². The minimum atomic E-state index is -0.0496. The highest BCUT2D eigenvalue weighted by Gasteiger charge is 2.27. The Morgan fingerprint density at radius 2 is 2.03 bits per heavy atom. The number of nitrogens with one attached hydrogen (secondary N) is 1. The van der Waals surface area contributed by atoms with Gasteiger partial charge in [-0.1, -0.05) is 29.8 Å². The van der Waals surface area contributed by atoms with Crippen LogP contribution in [0.15, 0.2) is 57.8 Å². The summed E-state index contributed by atoms with van der Waals surface area (Å²) in [6.07, 6.45) is 3.87. The van der Waals surface area contributed by atoms with Crippen LogP contribution >= 0.6 is 22.6 Å². The van der Waals surface area contributed by atoms with Crippen LogP contribution in [0.3, 0.4) is 0 Å². The van der Waals surface area contributed by atoms with Gasteiger partial charge in [0.15, 0.2) is 0 Å². The van der Waals surface area contributed by atoms with Gasteiger partial charge in [-0.05, 0) is 85.0 Å². The Morgan fingerprint density at radius 3 is 2.84 bits per heavy atom. The van der Waals surface area contributed by atoms with Gasteiger partial charge in [-0.3, -0.25) is 9.59 Å². The molecule has 0 spiro atoms. The number of carbonyl (C=O) groups is 1. The number of amides is 1. The quantitative estimate of drug-likeness (QED) is 0.360. The molecule has 1 saturated carbocycles. The van der Waals surface area contributed by atoms with Crippen molar-refractivity contribution in [3.05, 3.63) is 73.8 Å². The second-order valence-corrected chi connectivity index (χ2v) is 9.81. The van der Waals surface area contributed by atoms with Gasteiger partial charge >= 0.3 is 0 Å². The van der Waals surface area contributed by atoms with Crippen molar-refractivity contribution in [3.8, 4) is 0 Å². The standard InChI is InChI=1S/C25H24IN3O3/c1-15-22-23(28-32-15)20-13-18(26)10-11-21(20)29(25(22)31)19-9-5-6-16(12-19)14-27-24(30)17-7-3-2-4-8-17/h2-4,7-8,10-11,13,16,19H,5-6,9,12,14H2,1H3,(H,27,30). The van der Waals surface area contributed by atoms with E-state index in [9.17, 15) is 9.59 Å². The van der Waals surface area contributed by atoms with Crippen LogP contribution < -0.4 is 10.9 Å². The average molecular weight is 541 g/mol. The fraction of sp³-hybridized carbons (Fsp3) is 0.320. The molecule has 1 fully saturated rings. The number of fused-ring (bicyclic) bond motifs is 3. The molecule has 7 heteroatoms. The van der Waals surface area contributed by atoms with E-state index in [0.717, 1.165) is 40.2 Å². The van der Waals surface area contributed by atoms with Crippen molar-refractivity contribution in [2.24, 2.45) is 5.92 Å². The van der Waals surface area contributed by atoms with Gasteiger partial charge in [0, 0.05) is 27.1 Å². The number of hydrogen-bond donors (Lipinski definition) is 1. The van der Waals surface area contributed by atoms with Crippen LogP contribution in [0.4, 0.5) is 0 Å². The Labute approximate surface area is 199 Å². The van der Waals surface area contributed by atoms with Crippen molar-refractivity contribution in [2.75, 3.05) is 6.54 Å². The molecule has 5 rings (SSSR count). The van der Waals surface area contributed by atoms with E-state index in [2.05, 4.69) is 39.1 Å². The van der Waals surface area contributed by atoms with Crippen LogP contribution in [0.1, 0.15) is 47.8 Å². The third-order valence-electron chi connectivity index (χ3n) is 6.48. The lowest BCUT2D eigenvalue weighted by Gasteiger charge is -2.31. The molecule has 2 atom stereocenters. The Hall–Kier alpha value is -2.68. The minimum absolute atomic E-state index is 0.0357.